The second-order valence-electron chi connectivity index (χ2n) is 4.75. The van der Waals surface area contributed by atoms with Crippen LogP contribution in [-0.4, -0.2) is 15.8 Å². The lowest BCUT2D eigenvalue weighted by atomic mass is 9.99. The van der Waals surface area contributed by atoms with Crippen molar-refractivity contribution in [1.82, 2.24) is 0 Å². The van der Waals surface area contributed by atoms with E-state index in [1.807, 2.05) is 0 Å². The molecule has 1 aliphatic carbocycles. The third-order valence-electron chi connectivity index (χ3n) is 3.44. The van der Waals surface area contributed by atoms with Crippen LogP contribution >= 0.6 is 11.8 Å². The number of benzene rings is 1. The van der Waals surface area contributed by atoms with Gasteiger partial charge >= 0.3 is 5.97 Å². The number of rotatable bonds is 3. The van der Waals surface area contributed by atoms with E-state index >= 15 is 0 Å². The molecular weight excluding hydrogens is 251 g/mol. The molecule has 0 atom stereocenters. The van der Waals surface area contributed by atoms with Crippen molar-refractivity contribution < 1.29 is 14.3 Å². The van der Waals surface area contributed by atoms with Crippen LogP contribution in [0, 0.1) is 5.82 Å². The van der Waals surface area contributed by atoms with Crippen LogP contribution in [0.2, 0.25) is 0 Å². The van der Waals surface area contributed by atoms with Gasteiger partial charge in [0, 0.05) is 4.90 Å². The monoisotopic (exact) mass is 268 g/mol. The molecule has 0 aliphatic heterocycles. The van der Waals surface area contributed by atoms with Crippen LogP contribution in [0.3, 0.4) is 0 Å². The van der Waals surface area contributed by atoms with Crippen molar-refractivity contribution in [3.8, 4) is 0 Å². The molecule has 98 valence electrons. The van der Waals surface area contributed by atoms with Gasteiger partial charge < -0.3 is 5.11 Å². The highest BCUT2D eigenvalue weighted by Gasteiger charge is 2.40. The van der Waals surface area contributed by atoms with Crippen molar-refractivity contribution >= 4 is 17.7 Å². The van der Waals surface area contributed by atoms with Gasteiger partial charge in [0.25, 0.3) is 0 Å². The molecule has 1 saturated carbocycles. The lowest BCUT2D eigenvalue weighted by Gasteiger charge is -2.27. The Bertz CT molecular complexity index is 426. The first-order valence-electron chi connectivity index (χ1n) is 6.31. The van der Waals surface area contributed by atoms with E-state index in [1.165, 1.54) is 17.8 Å². The zero-order chi connectivity index (χ0) is 13.0. The maximum atomic E-state index is 13.7. The maximum Gasteiger partial charge on any atom is 0.320 e. The molecule has 4 heteroatoms. The number of carboxylic acid groups (broad SMARTS) is 1. The predicted octanol–water partition coefficient (Wildman–Crippen LogP) is 4.10. The van der Waals surface area contributed by atoms with Crippen molar-refractivity contribution in [3.63, 3.8) is 0 Å². The van der Waals surface area contributed by atoms with E-state index in [2.05, 4.69) is 0 Å². The first kappa shape index (κ1) is 13.4. The maximum absolute atomic E-state index is 13.7. The van der Waals surface area contributed by atoms with E-state index in [0.29, 0.717) is 17.7 Å². The number of aliphatic carboxylic acids is 1. The normalized spacial score (nSPS) is 19.2. The van der Waals surface area contributed by atoms with Crippen LogP contribution < -0.4 is 0 Å². The zero-order valence-corrected chi connectivity index (χ0v) is 11.0. The summed E-state index contributed by atoms with van der Waals surface area (Å²) in [7, 11) is 0. The molecule has 0 radical (unpaired) electrons. The van der Waals surface area contributed by atoms with Gasteiger partial charge in [-0.1, -0.05) is 37.8 Å². The Hall–Kier alpha value is -1.03. The molecule has 1 N–H and O–H groups in total. The summed E-state index contributed by atoms with van der Waals surface area (Å²) in [5.74, 6) is -1.13. The molecule has 1 aromatic rings. The Morgan fingerprint density at radius 1 is 1.17 bits per heavy atom. The molecule has 1 fully saturated rings. The van der Waals surface area contributed by atoms with Gasteiger partial charge in [0.05, 0.1) is 0 Å². The van der Waals surface area contributed by atoms with Gasteiger partial charge in [-0.25, -0.2) is 4.39 Å². The summed E-state index contributed by atoms with van der Waals surface area (Å²) in [4.78, 5) is 12.0. The van der Waals surface area contributed by atoms with Crippen molar-refractivity contribution in [2.75, 3.05) is 0 Å². The smallest absolute Gasteiger partial charge is 0.320 e. The number of hydrogen-bond acceptors (Lipinski definition) is 2. The summed E-state index contributed by atoms with van der Waals surface area (Å²) >= 11 is 1.19. The molecule has 0 aromatic heterocycles. The van der Waals surface area contributed by atoms with E-state index in [0.717, 1.165) is 25.7 Å². The largest absolute Gasteiger partial charge is 0.480 e. The van der Waals surface area contributed by atoms with Crippen molar-refractivity contribution in [2.45, 2.75) is 48.2 Å². The number of carboxylic acids is 1. The van der Waals surface area contributed by atoms with Gasteiger partial charge in [-0.2, -0.15) is 0 Å². The van der Waals surface area contributed by atoms with Crippen molar-refractivity contribution in [1.29, 1.82) is 0 Å². The van der Waals surface area contributed by atoms with Crippen LogP contribution in [0.15, 0.2) is 29.2 Å². The average molecular weight is 268 g/mol. The van der Waals surface area contributed by atoms with Crippen LogP contribution in [0.4, 0.5) is 4.39 Å². The summed E-state index contributed by atoms with van der Waals surface area (Å²) in [6.07, 6.45) is 5.23. The minimum absolute atomic E-state index is 0.327. The summed E-state index contributed by atoms with van der Waals surface area (Å²) in [6.45, 7) is 0. The van der Waals surface area contributed by atoms with Crippen LogP contribution in [0.5, 0.6) is 0 Å². The third-order valence-corrected chi connectivity index (χ3v) is 4.97. The van der Waals surface area contributed by atoms with Crippen LogP contribution in [-0.2, 0) is 4.79 Å². The van der Waals surface area contributed by atoms with Gasteiger partial charge in [-0.05, 0) is 25.0 Å². The van der Waals surface area contributed by atoms with Crippen LogP contribution in [0.1, 0.15) is 38.5 Å². The highest BCUT2D eigenvalue weighted by atomic mass is 32.2. The summed E-state index contributed by atoms with van der Waals surface area (Å²) in [6, 6.07) is 6.42. The molecule has 0 unspecified atom stereocenters. The van der Waals surface area contributed by atoms with E-state index in [9.17, 15) is 14.3 Å². The fraction of sp³-hybridized carbons (Fsp3) is 0.500. The second kappa shape index (κ2) is 5.74. The standard InChI is InChI=1S/C14H17FO2S/c15-11-7-3-4-8-12(11)18-14(13(16)17)9-5-1-2-6-10-14/h3-4,7-8H,1-2,5-6,9-10H2,(H,16,17). The second-order valence-corrected chi connectivity index (χ2v) is 6.17. The molecule has 0 spiro atoms. The SMILES string of the molecule is O=C(O)C1(Sc2ccccc2F)CCCCCC1. The average Bonchev–Trinajstić information content (AvgIpc) is 2.59. The Morgan fingerprint density at radius 3 is 2.33 bits per heavy atom. The Balaban J connectivity index is 2.25. The van der Waals surface area contributed by atoms with Crippen molar-refractivity contribution in [3.05, 3.63) is 30.1 Å². The first-order valence-corrected chi connectivity index (χ1v) is 7.13. The van der Waals surface area contributed by atoms with Gasteiger partial charge in [-0.3, -0.25) is 4.79 Å². The first-order chi connectivity index (χ1) is 8.64. The molecule has 2 rings (SSSR count). The third kappa shape index (κ3) is 2.86. The lowest BCUT2D eigenvalue weighted by Crippen LogP contribution is -2.34. The lowest BCUT2D eigenvalue weighted by molar-refractivity contribution is -0.140. The molecule has 18 heavy (non-hydrogen) atoms. The minimum atomic E-state index is -0.849. The van der Waals surface area contributed by atoms with Crippen LogP contribution in [0.25, 0.3) is 0 Å². The summed E-state index contributed by atoms with van der Waals surface area (Å²) < 4.78 is 12.8. The molecule has 0 bridgehead atoms. The van der Waals surface area contributed by atoms with Gasteiger partial charge in [0.15, 0.2) is 0 Å². The number of carbonyl (C=O) groups is 1. The summed E-state index contributed by atoms with van der Waals surface area (Å²) in [5, 5.41) is 9.52. The fourth-order valence-corrected chi connectivity index (χ4v) is 3.71. The molecule has 1 aromatic carbocycles. The quantitative estimate of drug-likeness (QED) is 0.839. The van der Waals surface area contributed by atoms with Gasteiger partial charge in [0.1, 0.15) is 10.6 Å². The molecular formula is C14H17FO2S. The molecule has 1 aliphatic rings. The van der Waals surface area contributed by atoms with E-state index < -0.39 is 10.7 Å². The Kier molecular flexibility index (Phi) is 4.27. The van der Waals surface area contributed by atoms with Gasteiger partial charge in [0.2, 0.25) is 0 Å². The molecule has 0 amide bonds. The highest BCUT2D eigenvalue weighted by Crippen LogP contribution is 2.43. The predicted molar refractivity (Wildman–Crippen MR) is 70.3 cm³/mol. The van der Waals surface area contributed by atoms with E-state index in [4.69, 9.17) is 0 Å². The fourth-order valence-electron chi connectivity index (χ4n) is 2.40. The Morgan fingerprint density at radius 2 is 1.78 bits per heavy atom. The molecule has 2 nitrogen and oxygen atoms in total. The minimum Gasteiger partial charge on any atom is -0.480 e. The van der Waals surface area contributed by atoms with Crippen molar-refractivity contribution in [2.24, 2.45) is 0 Å². The van der Waals surface area contributed by atoms with E-state index in [1.54, 1.807) is 18.2 Å². The number of halogens is 1. The molecule has 0 saturated heterocycles. The summed E-state index contributed by atoms with van der Waals surface area (Å²) in [5.41, 5.74) is 0. The van der Waals surface area contributed by atoms with Gasteiger partial charge in [-0.15, -0.1) is 11.8 Å². The zero-order valence-electron chi connectivity index (χ0n) is 10.2. The number of thioether (sulfide) groups is 1. The number of hydrogen-bond donors (Lipinski definition) is 1. The Labute approximate surface area is 111 Å². The highest BCUT2D eigenvalue weighted by molar-refractivity contribution is 8.01. The van der Waals surface area contributed by atoms with E-state index in [-0.39, 0.29) is 5.82 Å². The topological polar surface area (TPSA) is 37.3 Å². The molecule has 0 heterocycles.